The van der Waals surface area contributed by atoms with Crippen LogP contribution in [-0.2, 0) is 11.2 Å². The largest absolute Gasteiger partial charge is 0.469 e. The molecule has 7 heteroatoms. The van der Waals surface area contributed by atoms with Crippen LogP contribution < -0.4 is 10.6 Å². The van der Waals surface area contributed by atoms with Gasteiger partial charge in [-0.15, -0.1) is 24.0 Å². The van der Waals surface area contributed by atoms with Gasteiger partial charge in [0.25, 0.3) is 0 Å². The maximum Gasteiger partial charge on any atom is 0.191 e. The first-order valence-corrected chi connectivity index (χ1v) is 10.5. The average Bonchev–Trinajstić information content (AvgIpc) is 3.37. The van der Waals surface area contributed by atoms with E-state index in [1.807, 2.05) is 12.1 Å². The first-order chi connectivity index (χ1) is 13.3. The van der Waals surface area contributed by atoms with Crippen molar-refractivity contribution in [1.82, 2.24) is 10.6 Å². The minimum atomic E-state index is -0.0186. The third-order valence-electron chi connectivity index (χ3n) is 5.93. The van der Waals surface area contributed by atoms with Crippen molar-refractivity contribution in [2.24, 2.45) is 16.3 Å². The maximum atomic E-state index is 9.43. The number of aliphatic hydroxyl groups excluding tert-OH is 1. The molecule has 28 heavy (non-hydrogen) atoms. The number of rotatable bonds is 9. The minimum Gasteiger partial charge on any atom is -0.469 e. The summed E-state index contributed by atoms with van der Waals surface area (Å²) in [4.78, 5) is 4.87. The molecule has 3 rings (SSSR count). The lowest BCUT2D eigenvalue weighted by molar-refractivity contribution is 0.131. The van der Waals surface area contributed by atoms with Gasteiger partial charge in [0, 0.05) is 38.1 Å². The summed E-state index contributed by atoms with van der Waals surface area (Å²) in [5, 5.41) is 16.4. The highest BCUT2D eigenvalue weighted by atomic mass is 127. The fourth-order valence-electron chi connectivity index (χ4n) is 4.10. The van der Waals surface area contributed by atoms with Crippen molar-refractivity contribution >= 4 is 29.9 Å². The SMILES string of the molecule is I.OCCC1(CN=C(NCCc2ccco2)NCC2CCCCC2)CCOC1. The standard InChI is InChI=1S/C21H35N3O3.HI/c25-12-9-21(10-14-26-17-21)16-24-20(22-11-8-19-7-4-13-27-19)23-15-18-5-2-1-3-6-18;/h4,7,13,18,25H,1-3,5-6,8-12,14-17H2,(H2,22,23,24);1H. The van der Waals surface area contributed by atoms with Crippen molar-refractivity contribution in [3.8, 4) is 0 Å². The van der Waals surface area contributed by atoms with Crippen molar-refractivity contribution in [2.45, 2.75) is 51.4 Å². The van der Waals surface area contributed by atoms with Gasteiger partial charge in [0.2, 0.25) is 0 Å². The average molecular weight is 505 g/mol. The van der Waals surface area contributed by atoms with Gasteiger partial charge < -0.3 is 24.9 Å². The van der Waals surface area contributed by atoms with Crippen LogP contribution in [0.25, 0.3) is 0 Å². The van der Waals surface area contributed by atoms with Gasteiger partial charge in [0.05, 0.1) is 19.4 Å². The molecular weight excluding hydrogens is 469 g/mol. The van der Waals surface area contributed by atoms with Crippen LogP contribution in [0, 0.1) is 11.3 Å². The molecule has 2 aliphatic rings. The van der Waals surface area contributed by atoms with Gasteiger partial charge in [-0.05, 0) is 43.7 Å². The third-order valence-corrected chi connectivity index (χ3v) is 5.93. The Balaban J connectivity index is 0.00000280. The summed E-state index contributed by atoms with van der Waals surface area (Å²) in [7, 11) is 0. The molecule has 1 atom stereocenters. The van der Waals surface area contributed by atoms with Gasteiger partial charge in [-0.1, -0.05) is 19.3 Å². The predicted octanol–water partition coefficient (Wildman–Crippen LogP) is 3.34. The molecule has 1 saturated carbocycles. The summed E-state index contributed by atoms with van der Waals surface area (Å²) in [5.41, 5.74) is -0.0186. The van der Waals surface area contributed by atoms with Crippen molar-refractivity contribution in [3.05, 3.63) is 24.2 Å². The lowest BCUT2D eigenvalue weighted by atomic mass is 9.84. The highest BCUT2D eigenvalue weighted by Crippen LogP contribution is 2.32. The molecule has 1 aromatic heterocycles. The summed E-state index contributed by atoms with van der Waals surface area (Å²) in [5.74, 6) is 2.60. The van der Waals surface area contributed by atoms with Crippen LogP contribution >= 0.6 is 24.0 Å². The van der Waals surface area contributed by atoms with Gasteiger partial charge in [-0.3, -0.25) is 4.99 Å². The first-order valence-electron chi connectivity index (χ1n) is 10.5. The van der Waals surface area contributed by atoms with Gasteiger partial charge in [-0.25, -0.2) is 0 Å². The molecule has 0 aromatic carbocycles. The molecule has 0 spiro atoms. The molecule has 0 amide bonds. The van der Waals surface area contributed by atoms with Gasteiger partial charge in [0.15, 0.2) is 5.96 Å². The van der Waals surface area contributed by atoms with Crippen LogP contribution in [0.1, 0.15) is 50.7 Å². The molecule has 2 heterocycles. The highest BCUT2D eigenvalue weighted by molar-refractivity contribution is 14.0. The Morgan fingerprint density at radius 1 is 1.25 bits per heavy atom. The number of halogens is 1. The van der Waals surface area contributed by atoms with E-state index in [4.69, 9.17) is 14.1 Å². The van der Waals surface area contributed by atoms with Gasteiger partial charge in [0.1, 0.15) is 5.76 Å². The molecular formula is C21H36IN3O3. The van der Waals surface area contributed by atoms with Crippen LogP contribution in [0.15, 0.2) is 27.8 Å². The van der Waals surface area contributed by atoms with E-state index in [2.05, 4.69) is 10.6 Å². The van der Waals surface area contributed by atoms with Crippen LogP contribution in [0.2, 0.25) is 0 Å². The lowest BCUT2D eigenvalue weighted by Gasteiger charge is -2.26. The minimum absolute atomic E-state index is 0. The van der Waals surface area contributed by atoms with Crippen LogP contribution in [-0.4, -0.2) is 50.5 Å². The molecule has 1 saturated heterocycles. The molecule has 1 aromatic rings. The van der Waals surface area contributed by atoms with Crippen molar-refractivity contribution in [3.63, 3.8) is 0 Å². The quantitative estimate of drug-likeness (QED) is 0.273. The number of furan rings is 1. The maximum absolute atomic E-state index is 9.43. The number of ether oxygens (including phenoxy) is 1. The Kier molecular flexibility index (Phi) is 10.6. The fourth-order valence-corrected chi connectivity index (χ4v) is 4.10. The Labute approximate surface area is 185 Å². The Hall–Kier alpha value is -0.800. The van der Waals surface area contributed by atoms with Crippen LogP contribution in [0.5, 0.6) is 0 Å². The van der Waals surface area contributed by atoms with Crippen LogP contribution in [0.4, 0.5) is 0 Å². The van der Waals surface area contributed by atoms with E-state index in [1.165, 1.54) is 32.1 Å². The predicted molar refractivity (Wildman–Crippen MR) is 122 cm³/mol. The molecule has 2 fully saturated rings. The van der Waals surface area contributed by atoms with E-state index < -0.39 is 0 Å². The Bertz CT molecular complexity index is 553. The van der Waals surface area contributed by atoms with E-state index in [-0.39, 0.29) is 36.0 Å². The Morgan fingerprint density at radius 2 is 2.11 bits per heavy atom. The number of nitrogens with zero attached hydrogens (tertiary/aromatic N) is 1. The van der Waals surface area contributed by atoms with E-state index in [9.17, 15) is 5.11 Å². The van der Waals surface area contributed by atoms with Crippen LogP contribution in [0.3, 0.4) is 0 Å². The number of aliphatic hydroxyl groups is 1. The zero-order valence-electron chi connectivity index (χ0n) is 16.8. The van der Waals surface area contributed by atoms with Crippen molar-refractivity contribution in [1.29, 1.82) is 0 Å². The van der Waals surface area contributed by atoms with E-state index in [0.29, 0.717) is 13.2 Å². The summed E-state index contributed by atoms with van der Waals surface area (Å²) < 4.78 is 11.0. The van der Waals surface area contributed by atoms with E-state index >= 15 is 0 Å². The molecule has 1 unspecified atom stereocenters. The zero-order chi connectivity index (χ0) is 18.8. The smallest absolute Gasteiger partial charge is 0.191 e. The summed E-state index contributed by atoms with van der Waals surface area (Å²) >= 11 is 0. The molecule has 160 valence electrons. The number of hydrogen-bond acceptors (Lipinski definition) is 4. The molecule has 3 N–H and O–H groups in total. The monoisotopic (exact) mass is 505 g/mol. The zero-order valence-corrected chi connectivity index (χ0v) is 19.2. The summed E-state index contributed by atoms with van der Waals surface area (Å²) in [6.07, 6.45) is 11.0. The lowest BCUT2D eigenvalue weighted by Crippen LogP contribution is -2.42. The Morgan fingerprint density at radius 3 is 2.79 bits per heavy atom. The summed E-state index contributed by atoms with van der Waals surface area (Å²) in [6, 6.07) is 3.92. The second-order valence-electron chi connectivity index (χ2n) is 8.08. The van der Waals surface area contributed by atoms with Crippen molar-refractivity contribution < 1.29 is 14.3 Å². The molecule has 0 bridgehead atoms. The van der Waals surface area contributed by atoms with Gasteiger partial charge in [-0.2, -0.15) is 0 Å². The second-order valence-corrected chi connectivity index (χ2v) is 8.08. The second kappa shape index (κ2) is 12.7. The number of nitrogens with one attached hydrogen (secondary N) is 2. The summed E-state index contributed by atoms with van der Waals surface area (Å²) in [6.45, 7) is 4.11. The molecule has 0 radical (unpaired) electrons. The fraction of sp³-hybridized carbons (Fsp3) is 0.762. The van der Waals surface area contributed by atoms with Gasteiger partial charge >= 0.3 is 0 Å². The third kappa shape index (κ3) is 7.55. The van der Waals surface area contributed by atoms with E-state index in [0.717, 1.165) is 56.6 Å². The first kappa shape index (κ1) is 23.5. The molecule has 1 aliphatic heterocycles. The van der Waals surface area contributed by atoms with E-state index in [1.54, 1.807) is 6.26 Å². The molecule has 6 nitrogen and oxygen atoms in total. The normalized spacial score (nSPS) is 23.4. The number of guanidine groups is 1. The highest BCUT2D eigenvalue weighted by Gasteiger charge is 2.34. The van der Waals surface area contributed by atoms with Crippen molar-refractivity contribution in [2.75, 3.05) is 39.5 Å². The number of aliphatic imine (C=N–C) groups is 1. The topological polar surface area (TPSA) is 79.0 Å². The molecule has 1 aliphatic carbocycles. The number of hydrogen-bond donors (Lipinski definition) is 3.